The normalized spacial score (nSPS) is 16.4. The van der Waals surface area contributed by atoms with Gasteiger partial charge in [0.05, 0.1) is 5.56 Å². The highest BCUT2D eigenvalue weighted by Crippen LogP contribution is 2.46. The number of nitrogens with one attached hydrogen (secondary N) is 3. The molecule has 0 fully saturated rings. The topological polar surface area (TPSA) is 88.7 Å². The summed E-state index contributed by atoms with van der Waals surface area (Å²) in [5.41, 5.74) is 3.26. The molecular weight excluding hydrogens is 374 g/mol. The second-order valence-electron chi connectivity index (χ2n) is 5.29. The molecule has 0 unspecified atom stereocenters. The van der Waals surface area contributed by atoms with Gasteiger partial charge in [-0.3, -0.25) is 10.2 Å². The zero-order valence-electron chi connectivity index (χ0n) is 13.3. The van der Waals surface area contributed by atoms with Gasteiger partial charge >= 0.3 is 18.4 Å². The highest BCUT2D eigenvalue weighted by molar-refractivity contribution is 5.97. The summed E-state index contributed by atoms with van der Waals surface area (Å²) in [5.74, 6) is -1.40. The van der Waals surface area contributed by atoms with Crippen LogP contribution in [0.4, 0.5) is 28.0 Å². The van der Waals surface area contributed by atoms with Crippen molar-refractivity contribution in [3.05, 3.63) is 59.7 Å². The molecule has 0 spiro atoms. The number of anilines is 1. The number of rotatable bonds is 2. The van der Waals surface area contributed by atoms with Gasteiger partial charge in [0.2, 0.25) is 0 Å². The lowest BCUT2D eigenvalue weighted by Gasteiger charge is -2.30. The molecule has 142 valence electrons. The number of ether oxygens (including phenoxy) is 2. The maximum absolute atomic E-state index is 13.7. The molecule has 0 saturated heterocycles. The van der Waals surface area contributed by atoms with Gasteiger partial charge in [0.1, 0.15) is 5.75 Å². The first kappa shape index (κ1) is 18.5. The Hall–Kier alpha value is -3.34. The fourth-order valence-corrected chi connectivity index (χ4v) is 2.21. The quantitative estimate of drug-likeness (QED) is 0.547. The molecule has 3 amide bonds. The molecule has 3 rings (SSSR count). The van der Waals surface area contributed by atoms with Crippen LogP contribution in [-0.4, -0.2) is 18.2 Å². The lowest BCUT2D eigenvalue weighted by atomic mass is 10.1. The van der Waals surface area contributed by atoms with E-state index < -0.39 is 35.7 Å². The molecule has 1 heterocycles. The van der Waals surface area contributed by atoms with Crippen LogP contribution in [0.15, 0.2) is 48.5 Å². The number of fused-ring (bicyclic) bond motifs is 1. The van der Waals surface area contributed by atoms with Crippen LogP contribution in [0, 0.1) is 0 Å². The van der Waals surface area contributed by atoms with Crippen LogP contribution in [-0.2, 0) is 10.8 Å². The first-order valence-corrected chi connectivity index (χ1v) is 7.38. The molecule has 1 aliphatic rings. The highest BCUT2D eigenvalue weighted by Gasteiger charge is 2.54. The van der Waals surface area contributed by atoms with Crippen LogP contribution in [0.3, 0.4) is 0 Å². The van der Waals surface area contributed by atoms with Crippen molar-refractivity contribution >= 4 is 17.6 Å². The molecule has 27 heavy (non-hydrogen) atoms. The minimum absolute atomic E-state index is 0.169. The van der Waals surface area contributed by atoms with Crippen molar-refractivity contribution < 1.29 is 36.6 Å². The van der Waals surface area contributed by atoms with Gasteiger partial charge in [-0.1, -0.05) is 18.2 Å². The number of urea groups is 1. The second-order valence-corrected chi connectivity index (χ2v) is 5.29. The number of amides is 3. The Morgan fingerprint density at radius 3 is 2.33 bits per heavy atom. The van der Waals surface area contributed by atoms with E-state index in [2.05, 4.69) is 20.2 Å². The Morgan fingerprint density at radius 2 is 1.63 bits per heavy atom. The van der Waals surface area contributed by atoms with Gasteiger partial charge in [0.15, 0.2) is 0 Å². The van der Waals surface area contributed by atoms with E-state index in [0.717, 1.165) is 12.1 Å². The largest absolute Gasteiger partial charge is 0.540 e. The number of carbonyl (C=O) groups excluding carboxylic acids is 2. The fraction of sp³-hybridized carbons (Fsp3) is 0.125. The molecule has 3 N–H and O–H groups in total. The average molecular weight is 385 g/mol. The van der Waals surface area contributed by atoms with Crippen molar-refractivity contribution in [1.82, 2.24) is 10.9 Å². The van der Waals surface area contributed by atoms with Crippen LogP contribution >= 0.6 is 0 Å². The highest BCUT2D eigenvalue weighted by atomic mass is 19.3. The van der Waals surface area contributed by atoms with Gasteiger partial charge in [-0.15, -0.1) is 8.78 Å². The molecule has 0 radical (unpaired) electrons. The summed E-state index contributed by atoms with van der Waals surface area (Å²) in [6.45, 7) is 0. The Morgan fingerprint density at radius 1 is 0.926 bits per heavy atom. The number of hydrazine groups is 1. The zero-order valence-corrected chi connectivity index (χ0v) is 13.3. The van der Waals surface area contributed by atoms with E-state index in [1.165, 1.54) is 12.1 Å². The SMILES string of the molecule is O=C(NNC(=O)c1ccccc1)Nc1ccc2c(c1)C(F)(F)OC(F)(F)O2. The van der Waals surface area contributed by atoms with Gasteiger partial charge in [-0.2, -0.15) is 8.78 Å². The summed E-state index contributed by atoms with van der Waals surface area (Å²) >= 11 is 0. The smallest absolute Gasteiger partial charge is 0.409 e. The van der Waals surface area contributed by atoms with Crippen LogP contribution < -0.4 is 20.9 Å². The predicted octanol–water partition coefficient (Wildman–Crippen LogP) is 3.16. The lowest BCUT2D eigenvalue weighted by Crippen LogP contribution is -2.44. The average Bonchev–Trinajstić information content (AvgIpc) is 2.59. The van der Waals surface area contributed by atoms with E-state index in [0.29, 0.717) is 6.07 Å². The number of alkyl halides is 4. The minimum atomic E-state index is -4.48. The first-order valence-electron chi connectivity index (χ1n) is 7.38. The van der Waals surface area contributed by atoms with Crippen molar-refractivity contribution in [1.29, 1.82) is 0 Å². The van der Waals surface area contributed by atoms with E-state index in [4.69, 9.17) is 0 Å². The Labute approximate surface area is 149 Å². The van der Waals surface area contributed by atoms with E-state index in [1.54, 1.807) is 18.2 Å². The minimum Gasteiger partial charge on any atom is -0.409 e. The Bertz CT molecular complexity index is 877. The van der Waals surface area contributed by atoms with Crippen LogP contribution in [0.5, 0.6) is 5.75 Å². The van der Waals surface area contributed by atoms with Gasteiger partial charge < -0.3 is 10.1 Å². The third-order valence-corrected chi connectivity index (χ3v) is 3.35. The molecule has 1 aliphatic heterocycles. The molecule has 11 heteroatoms. The summed E-state index contributed by atoms with van der Waals surface area (Å²) in [6, 6.07) is 9.62. The van der Waals surface area contributed by atoms with Gasteiger partial charge in [0, 0.05) is 11.3 Å². The van der Waals surface area contributed by atoms with E-state index in [-0.39, 0.29) is 11.3 Å². The Balaban J connectivity index is 1.65. The molecule has 0 atom stereocenters. The third kappa shape index (κ3) is 4.26. The summed E-state index contributed by atoms with van der Waals surface area (Å²) in [4.78, 5) is 23.6. The fourth-order valence-electron chi connectivity index (χ4n) is 2.21. The maximum Gasteiger partial charge on any atom is 0.540 e. The molecule has 2 aromatic rings. The van der Waals surface area contributed by atoms with Crippen LogP contribution in [0.25, 0.3) is 0 Å². The summed E-state index contributed by atoms with van der Waals surface area (Å²) in [7, 11) is 0. The molecule has 0 bridgehead atoms. The summed E-state index contributed by atoms with van der Waals surface area (Å²) < 4.78 is 60.6. The number of carbonyl (C=O) groups is 2. The van der Waals surface area contributed by atoms with E-state index in [9.17, 15) is 27.2 Å². The monoisotopic (exact) mass is 385 g/mol. The van der Waals surface area contributed by atoms with Gasteiger partial charge in [0.25, 0.3) is 5.91 Å². The van der Waals surface area contributed by atoms with E-state index >= 15 is 0 Å². The molecule has 7 nitrogen and oxygen atoms in total. The standard InChI is InChI=1S/C16H11F4N3O4/c17-15(18)11-8-10(6-7-12(11)26-16(19,20)27-15)21-14(25)23-22-13(24)9-4-2-1-3-5-9/h1-8H,(H,22,24)(H2,21,23,25). The van der Waals surface area contributed by atoms with E-state index in [1.807, 2.05) is 5.43 Å². The van der Waals surface area contributed by atoms with Crippen LogP contribution in [0.1, 0.15) is 15.9 Å². The van der Waals surface area contributed by atoms with Gasteiger partial charge in [-0.25, -0.2) is 15.0 Å². The number of hydrogen-bond acceptors (Lipinski definition) is 4. The third-order valence-electron chi connectivity index (χ3n) is 3.35. The molecule has 0 aliphatic carbocycles. The van der Waals surface area contributed by atoms with Crippen molar-refractivity contribution in [2.75, 3.05) is 5.32 Å². The zero-order chi connectivity index (χ0) is 19.7. The van der Waals surface area contributed by atoms with Crippen molar-refractivity contribution in [2.45, 2.75) is 12.4 Å². The van der Waals surface area contributed by atoms with Gasteiger partial charge in [-0.05, 0) is 30.3 Å². The van der Waals surface area contributed by atoms with Crippen molar-refractivity contribution in [3.63, 3.8) is 0 Å². The summed E-state index contributed by atoms with van der Waals surface area (Å²) in [6.07, 6.45) is -8.81. The molecular formula is C16H11F4N3O4. The van der Waals surface area contributed by atoms with Crippen molar-refractivity contribution in [2.24, 2.45) is 0 Å². The first-order chi connectivity index (χ1) is 12.7. The lowest BCUT2D eigenvalue weighted by molar-refractivity contribution is -0.461. The second kappa shape index (κ2) is 6.76. The predicted molar refractivity (Wildman–Crippen MR) is 83.1 cm³/mol. The number of hydrogen-bond donors (Lipinski definition) is 3. The molecule has 2 aromatic carbocycles. The molecule has 0 aromatic heterocycles. The number of halogens is 4. The molecule has 0 saturated carbocycles. The maximum atomic E-state index is 13.7. The Kier molecular flexibility index (Phi) is 4.62. The van der Waals surface area contributed by atoms with Crippen molar-refractivity contribution in [3.8, 4) is 5.75 Å². The number of benzene rings is 2. The summed E-state index contributed by atoms with van der Waals surface area (Å²) in [5, 5.41) is 2.16. The van der Waals surface area contributed by atoms with Crippen LogP contribution in [0.2, 0.25) is 0 Å².